The summed E-state index contributed by atoms with van der Waals surface area (Å²) in [5.74, 6) is -0.138. The molecule has 0 bridgehead atoms. The molecule has 7 heteroatoms. The predicted octanol–water partition coefficient (Wildman–Crippen LogP) is 3.83. The van der Waals surface area contributed by atoms with Crippen LogP contribution in [0.4, 0.5) is 5.69 Å². The van der Waals surface area contributed by atoms with E-state index in [9.17, 15) is 13.2 Å². The maximum Gasteiger partial charge on any atom is 0.251 e. The zero-order valence-electron chi connectivity index (χ0n) is 15.1. The topological polar surface area (TPSA) is 66.5 Å². The van der Waals surface area contributed by atoms with E-state index in [1.165, 1.54) is 4.31 Å². The summed E-state index contributed by atoms with van der Waals surface area (Å²) in [7, 11) is -3.48. The summed E-state index contributed by atoms with van der Waals surface area (Å²) in [5.41, 5.74) is 1.82. The Morgan fingerprint density at radius 3 is 2.38 bits per heavy atom. The van der Waals surface area contributed by atoms with Gasteiger partial charge in [0.25, 0.3) is 5.91 Å². The minimum absolute atomic E-state index is 0.103. The van der Waals surface area contributed by atoms with Crippen LogP contribution in [0.5, 0.6) is 0 Å². The molecule has 0 aromatic heterocycles. The summed E-state index contributed by atoms with van der Waals surface area (Å²) < 4.78 is 25.7. The molecule has 140 valence electrons. The number of halogens is 1. The van der Waals surface area contributed by atoms with Crippen molar-refractivity contribution in [3.63, 3.8) is 0 Å². The third kappa shape index (κ3) is 5.47. The Bertz CT molecular complexity index is 867. The lowest BCUT2D eigenvalue weighted by Gasteiger charge is -2.23. The van der Waals surface area contributed by atoms with Crippen LogP contribution in [0.1, 0.15) is 36.2 Å². The highest BCUT2D eigenvalue weighted by atomic mass is 35.5. The SMILES string of the molecule is CC[C@H](C)NC(=O)c1ccc(CN(c2cccc(Cl)c2)S(C)(=O)=O)cc1. The van der Waals surface area contributed by atoms with Crippen molar-refractivity contribution in [3.8, 4) is 0 Å². The van der Waals surface area contributed by atoms with Crippen LogP contribution in [0.2, 0.25) is 5.02 Å². The van der Waals surface area contributed by atoms with Gasteiger partial charge in [-0.1, -0.05) is 36.7 Å². The fourth-order valence-corrected chi connectivity index (χ4v) is 3.43. The standard InChI is InChI=1S/C19H23ClN2O3S/c1-4-14(2)21-19(23)16-10-8-15(9-11-16)13-22(26(3,24)25)18-7-5-6-17(20)12-18/h5-12,14H,4,13H2,1-3H3,(H,21,23)/t14-/m0/s1. The zero-order chi connectivity index (χ0) is 19.3. The maximum absolute atomic E-state index is 12.2. The molecule has 0 aliphatic heterocycles. The Morgan fingerprint density at radius 1 is 1.19 bits per heavy atom. The first kappa shape index (κ1) is 20.3. The quantitative estimate of drug-likeness (QED) is 0.775. The van der Waals surface area contributed by atoms with Crippen LogP contribution in [0.3, 0.4) is 0 Å². The molecule has 2 aromatic carbocycles. The molecule has 1 atom stereocenters. The summed E-state index contributed by atoms with van der Waals surface area (Å²) in [6.07, 6.45) is 2.01. The van der Waals surface area contributed by atoms with E-state index in [4.69, 9.17) is 11.6 Å². The average Bonchev–Trinajstić information content (AvgIpc) is 2.59. The van der Waals surface area contributed by atoms with Gasteiger partial charge in [0.1, 0.15) is 0 Å². The third-order valence-corrected chi connectivity index (χ3v) is 5.40. The van der Waals surface area contributed by atoms with Gasteiger partial charge in [-0.3, -0.25) is 9.10 Å². The van der Waals surface area contributed by atoms with Crippen molar-refractivity contribution in [2.24, 2.45) is 0 Å². The van der Waals surface area contributed by atoms with Crippen LogP contribution < -0.4 is 9.62 Å². The lowest BCUT2D eigenvalue weighted by atomic mass is 10.1. The Hall–Kier alpha value is -2.05. The number of hydrogen-bond acceptors (Lipinski definition) is 3. The molecule has 1 amide bonds. The van der Waals surface area contributed by atoms with E-state index in [1.807, 2.05) is 13.8 Å². The highest BCUT2D eigenvalue weighted by Gasteiger charge is 2.18. The molecule has 0 unspecified atom stereocenters. The molecule has 5 nitrogen and oxygen atoms in total. The molecule has 0 saturated carbocycles. The molecule has 0 fully saturated rings. The van der Waals surface area contributed by atoms with Crippen LogP contribution >= 0.6 is 11.6 Å². The van der Waals surface area contributed by atoms with Crippen LogP contribution in [-0.4, -0.2) is 26.6 Å². The van der Waals surface area contributed by atoms with E-state index in [-0.39, 0.29) is 18.5 Å². The van der Waals surface area contributed by atoms with Gasteiger partial charge in [-0.05, 0) is 49.2 Å². The number of carbonyl (C=O) groups is 1. The first-order valence-corrected chi connectivity index (χ1v) is 10.6. The Kier molecular flexibility index (Phi) is 6.67. The van der Waals surface area contributed by atoms with Gasteiger partial charge < -0.3 is 5.32 Å². The minimum atomic E-state index is -3.48. The van der Waals surface area contributed by atoms with E-state index in [0.29, 0.717) is 16.3 Å². The largest absolute Gasteiger partial charge is 0.350 e. The van der Waals surface area contributed by atoms with Gasteiger partial charge in [-0.2, -0.15) is 0 Å². The van der Waals surface area contributed by atoms with Crippen molar-refractivity contribution in [1.29, 1.82) is 0 Å². The molecular formula is C19H23ClN2O3S. The lowest BCUT2D eigenvalue weighted by Crippen LogP contribution is -2.32. The average molecular weight is 395 g/mol. The molecule has 0 radical (unpaired) electrons. The second kappa shape index (κ2) is 8.56. The first-order valence-electron chi connectivity index (χ1n) is 8.33. The second-order valence-electron chi connectivity index (χ2n) is 6.23. The van der Waals surface area contributed by atoms with Crippen molar-refractivity contribution >= 4 is 33.2 Å². The summed E-state index contributed by atoms with van der Waals surface area (Å²) in [5, 5.41) is 3.37. The van der Waals surface area contributed by atoms with E-state index in [1.54, 1.807) is 48.5 Å². The fraction of sp³-hybridized carbons (Fsp3) is 0.316. The van der Waals surface area contributed by atoms with Gasteiger partial charge in [0.05, 0.1) is 18.5 Å². The fourth-order valence-electron chi connectivity index (χ4n) is 2.37. The van der Waals surface area contributed by atoms with Gasteiger partial charge >= 0.3 is 0 Å². The van der Waals surface area contributed by atoms with Crippen LogP contribution in [0.25, 0.3) is 0 Å². The Morgan fingerprint density at radius 2 is 1.85 bits per heavy atom. The van der Waals surface area contributed by atoms with Crippen LogP contribution in [-0.2, 0) is 16.6 Å². The molecule has 0 aliphatic rings. The van der Waals surface area contributed by atoms with Crippen molar-refractivity contribution < 1.29 is 13.2 Å². The number of anilines is 1. The molecule has 0 heterocycles. The van der Waals surface area contributed by atoms with Gasteiger partial charge in [-0.15, -0.1) is 0 Å². The van der Waals surface area contributed by atoms with Crippen molar-refractivity contribution in [2.75, 3.05) is 10.6 Å². The molecule has 0 saturated heterocycles. The summed E-state index contributed by atoms with van der Waals surface area (Å²) in [6, 6.07) is 13.7. The molecule has 0 spiro atoms. The van der Waals surface area contributed by atoms with Gasteiger partial charge in [0.2, 0.25) is 10.0 Å². The highest BCUT2D eigenvalue weighted by molar-refractivity contribution is 7.92. The van der Waals surface area contributed by atoms with Crippen molar-refractivity contribution in [2.45, 2.75) is 32.9 Å². The number of amides is 1. The molecule has 2 rings (SSSR count). The van der Waals surface area contributed by atoms with Gasteiger partial charge in [0, 0.05) is 16.6 Å². The molecule has 26 heavy (non-hydrogen) atoms. The van der Waals surface area contributed by atoms with Crippen LogP contribution in [0.15, 0.2) is 48.5 Å². The van der Waals surface area contributed by atoms with E-state index < -0.39 is 10.0 Å². The lowest BCUT2D eigenvalue weighted by molar-refractivity contribution is 0.0939. The smallest absolute Gasteiger partial charge is 0.251 e. The normalized spacial score (nSPS) is 12.5. The molecule has 0 aliphatic carbocycles. The monoisotopic (exact) mass is 394 g/mol. The van der Waals surface area contributed by atoms with Crippen molar-refractivity contribution in [3.05, 3.63) is 64.7 Å². The highest BCUT2D eigenvalue weighted by Crippen LogP contribution is 2.24. The molecular weight excluding hydrogens is 372 g/mol. The number of nitrogens with zero attached hydrogens (tertiary/aromatic N) is 1. The van der Waals surface area contributed by atoms with E-state index >= 15 is 0 Å². The first-order chi connectivity index (χ1) is 12.2. The number of rotatable bonds is 7. The second-order valence-corrected chi connectivity index (χ2v) is 8.57. The van der Waals surface area contributed by atoms with Crippen LogP contribution in [0, 0.1) is 0 Å². The Balaban J connectivity index is 2.21. The summed E-state index contributed by atoms with van der Waals surface area (Å²) in [4.78, 5) is 12.1. The zero-order valence-corrected chi connectivity index (χ0v) is 16.6. The maximum atomic E-state index is 12.2. The number of hydrogen-bond donors (Lipinski definition) is 1. The number of nitrogens with one attached hydrogen (secondary N) is 1. The summed E-state index contributed by atoms with van der Waals surface area (Å²) in [6.45, 7) is 4.11. The number of benzene rings is 2. The Labute approximate surface area is 160 Å². The van der Waals surface area contributed by atoms with Gasteiger partial charge in [0.15, 0.2) is 0 Å². The minimum Gasteiger partial charge on any atom is -0.350 e. The van der Waals surface area contributed by atoms with E-state index in [0.717, 1.165) is 18.2 Å². The van der Waals surface area contributed by atoms with Crippen molar-refractivity contribution in [1.82, 2.24) is 5.32 Å². The van der Waals surface area contributed by atoms with Gasteiger partial charge in [-0.25, -0.2) is 8.42 Å². The summed E-state index contributed by atoms with van der Waals surface area (Å²) >= 11 is 5.99. The number of sulfonamides is 1. The molecule has 1 N–H and O–H groups in total. The number of carbonyl (C=O) groups excluding carboxylic acids is 1. The van der Waals surface area contributed by atoms with E-state index in [2.05, 4.69) is 5.32 Å². The molecule has 2 aromatic rings. The third-order valence-electron chi connectivity index (χ3n) is 4.03. The predicted molar refractivity (Wildman–Crippen MR) is 106 cm³/mol.